The van der Waals surface area contributed by atoms with E-state index in [0.29, 0.717) is 0 Å². The molecule has 2 rings (SSSR count). The lowest BCUT2D eigenvalue weighted by Crippen LogP contribution is -1.82. The maximum Gasteiger partial charge on any atom is 0.104 e. The van der Waals surface area contributed by atoms with E-state index in [9.17, 15) is 0 Å². The minimum absolute atomic E-state index is 0.790. The van der Waals surface area contributed by atoms with Crippen molar-refractivity contribution < 1.29 is 0 Å². The Kier molecular flexibility index (Phi) is 2.03. The van der Waals surface area contributed by atoms with Crippen molar-refractivity contribution in [1.82, 2.24) is 4.98 Å². The van der Waals surface area contributed by atoms with E-state index in [-0.39, 0.29) is 0 Å². The quantitative estimate of drug-likeness (QED) is 0.616. The molecule has 0 spiro atoms. The van der Waals surface area contributed by atoms with Gasteiger partial charge in [0.15, 0.2) is 0 Å². The summed E-state index contributed by atoms with van der Waals surface area (Å²) < 4.78 is 0. The highest BCUT2D eigenvalue weighted by Crippen LogP contribution is 2.22. The molecular formula is C11H9NS. The van der Waals surface area contributed by atoms with Crippen LogP contribution in [0.4, 0.5) is 0 Å². The molecule has 1 aromatic rings. The van der Waals surface area contributed by atoms with E-state index in [1.807, 2.05) is 12.4 Å². The zero-order chi connectivity index (χ0) is 9.26. The molecule has 0 radical (unpaired) electrons. The molecular weight excluding hydrogens is 178 g/mol. The average Bonchev–Trinajstić information content (AvgIpc) is 2.42. The number of hydrogen-bond donors (Lipinski definition) is 0. The van der Waals surface area contributed by atoms with Gasteiger partial charge >= 0.3 is 0 Å². The third-order valence-electron chi connectivity index (χ3n) is 1.93. The molecule has 1 nitrogen and oxygen atoms in total. The van der Waals surface area contributed by atoms with Crippen LogP contribution in [0.5, 0.6) is 0 Å². The Balaban J connectivity index is 2.52. The van der Waals surface area contributed by atoms with E-state index < -0.39 is 0 Å². The predicted molar refractivity (Wildman–Crippen MR) is 56.4 cm³/mol. The van der Waals surface area contributed by atoms with E-state index in [2.05, 4.69) is 29.5 Å². The monoisotopic (exact) mass is 187 g/mol. The molecule has 0 saturated carbocycles. The minimum atomic E-state index is 0.790. The minimum Gasteiger partial charge on any atom is -0.244 e. The van der Waals surface area contributed by atoms with Crippen molar-refractivity contribution in [1.29, 1.82) is 0 Å². The molecule has 0 atom stereocenters. The van der Waals surface area contributed by atoms with Crippen LogP contribution in [-0.4, -0.2) is 4.98 Å². The Labute approximate surface area is 81.8 Å². The molecule has 0 bridgehead atoms. The summed E-state index contributed by atoms with van der Waals surface area (Å²) in [4.78, 5) is 5.31. The van der Waals surface area contributed by atoms with E-state index >= 15 is 0 Å². The van der Waals surface area contributed by atoms with Gasteiger partial charge in [-0.15, -0.1) is 11.3 Å². The van der Waals surface area contributed by atoms with Gasteiger partial charge in [0.2, 0.25) is 0 Å². The van der Waals surface area contributed by atoms with Crippen molar-refractivity contribution in [2.24, 2.45) is 0 Å². The molecule has 2 heteroatoms. The van der Waals surface area contributed by atoms with Crippen LogP contribution in [0.3, 0.4) is 0 Å². The lowest BCUT2D eigenvalue weighted by atomic mass is 10.1. The first-order valence-electron chi connectivity index (χ1n) is 4.06. The predicted octanol–water partition coefficient (Wildman–Crippen LogP) is 2.86. The molecule has 1 aliphatic carbocycles. The van der Waals surface area contributed by atoms with E-state index in [1.54, 1.807) is 11.3 Å². The van der Waals surface area contributed by atoms with Gasteiger partial charge in [-0.25, -0.2) is 4.98 Å². The Hall–Kier alpha value is -1.33. The first-order valence-corrected chi connectivity index (χ1v) is 4.94. The third kappa shape index (κ3) is 1.56. The maximum atomic E-state index is 4.25. The number of fused-ring (bicyclic) bond motifs is 1. The van der Waals surface area contributed by atoms with Crippen LogP contribution in [0.15, 0.2) is 23.2 Å². The van der Waals surface area contributed by atoms with Crippen molar-refractivity contribution in [3.8, 4) is 11.8 Å². The van der Waals surface area contributed by atoms with Gasteiger partial charge in [-0.3, -0.25) is 0 Å². The van der Waals surface area contributed by atoms with E-state index in [0.717, 1.165) is 22.6 Å². The lowest BCUT2D eigenvalue weighted by Gasteiger charge is -1.99. The maximum absolute atomic E-state index is 4.25. The normalized spacial score (nSPS) is 13.5. The zero-order valence-electron chi connectivity index (χ0n) is 7.42. The molecule has 0 saturated heterocycles. The smallest absolute Gasteiger partial charge is 0.104 e. The SMILES string of the molecule is C=C(C)C1=Cc2ncsc2C#CC1. The largest absolute Gasteiger partial charge is 0.244 e. The number of rotatable bonds is 1. The summed E-state index contributed by atoms with van der Waals surface area (Å²) in [6.45, 7) is 5.92. The Morgan fingerprint density at radius 3 is 3.31 bits per heavy atom. The summed E-state index contributed by atoms with van der Waals surface area (Å²) in [5, 5.41) is 0. The van der Waals surface area contributed by atoms with Gasteiger partial charge < -0.3 is 0 Å². The van der Waals surface area contributed by atoms with Crippen molar-refractivity contribution in [3.63, 3.8) is 0 Å². The summed E-state index contributed by atoms with van der Waals surface area (Å²) >= 11 is 1.59. The van der Waals surface area contributed by atoms with Gasteiger partial charge in [0, 0.05) is 6.42 Å². The van der Waals surface area contributed by atoms with Gasteiger partial charge in [-0.2, -0.15) is 0 Å². The summed E-state index contributed by atoms with van der Waals surface area (Å²) in [5.41, 5.74) is 5.09. The molecule has 0 amide bonds. The summed E-state index contributed by atoms with van der Waals surface area (Å²) in [6, 6.07) is 0. The third-order valence-corrected chi connectivity index (χ3v) is 2.69. The number of nitrogens with zero attached hydrogens (tertiary/aromatic N) is 1. The molecule has 1 aliphatic rings. The molecule has 0 fully saturated rings. The highest BCUT2D eigenvalue weighted by atomic mass is 32.1. The lowest BCUT2D eigenvalue weighted by molar-refractivity contribution is 1.26. The molecule has 0 aromatic carbocycles. The second-order valence-electron chi connectivity index (χ2n) is 3.00. The van der Waals surface area contributed by atoms with Crippen LogP contribution in [0.25, 0.3) is 6.08 Å². The van der Waals surface area contributed by atoms with Crippen molar-refractivity contribution in [2.75, 3.05) is 0 Å². The summed E-state index contributed by atoms with van der Waals surface area (Å²) in [6.07, 6.45) is 2.86. The Bertz CT molecular complexity index is 440. The first-order chi connectivity index (χ1) is 6.27. The second kappa shape index (κ2) is 3.20. The van der Waals surface area contributed by atoms with Crippen LogP contribution in [0.2, 0.25) is 0 Å². The highest BCUT2D eigenvalue weighted by Gasteiger charge is 2.06. The number of allylic oxidation sites excluding steroid dienone is 2. The summed E-state index contributed by atoms with van der Waals surface area (Å²) in [5.74, 6) is 6.22. The van der Waals surface area contributed by atoms with Crippen LogP contribution in [-0.2, 0) is 0 Å². The van der Waals surface area contributed by atoms with Gasteiger partial charge in [-0.1, -0.05) is 24.0 Å². The highest BCUT2D eigenvalue weighted by molar-refractivity contribution is 7.10. The number of hydrogen-bond acceptors (Lipinski definition) is 2. The van der Waals surface area contributed by atoms with Crippen molar-refractivity contribution >= 4 is 17.4 Å². The molecule has 0 unspecified atom stereocenters. The number of thiazole rings is 1. The fraction of sp³-hybridized carbons (Fsp3) is 0.182. The topological polar surface area (TPSA) is 12.9 Å². The zero-order valence-corrected chi connectivity index (χ0v) is 8.24. The molecule has 13 heavy (non-hydrogen) atoms. The molecule has 1 aromatic heterocycles. The van der Waals surface area contributed by atoms with Crippen molar-refractivity contribution in [3.05, 3.63) is 33.8 Å². The first kappa shape index (κ1) is 8.28. The van der Waals surface area contributed by atoms with Gasteiger partial charge in [0.25, 0.3) is 0 Å². The number of aromatic nitrogens is 1. The standard InChI is InChI=1S/C11H9NS/c1-8(2)9-4-3-5-11-10(6-9)12-7-13-11/h6-7H,1,4H2,2H3. The Morgan fingerprint density at radius 2 is 2.54 bits per heavy atom. The van der Waals surface area contributed by atoms with Crippen LogP contribution < -0.4 is 0 Å². The Morgan fingerprint density at radius 1 is 1.69 bits per heavy atom. The fourth-order valence-electron chi connectivity index (χ4n) is 1.16. The van der Waals surface area contributed by atoms with Crippen LogP contribution in [0, 0.1) is 11.8 Å². The summed E-state index contributed by atoms with van der Waals surface area (Å²) in [7, 11) is 0. The molecule has 1 heterocycles. The van der Waals surface area contributed by atoms with Gasteiger partial charge in [0.05, 0.1) is 11.2 Å². The molecule has 0 N–H and O–H groups in total. The fourth-order valence-corrected chi connectivity index (χ4v) is 1.80. The van der Waals surface area contributed by atoms with Crippen molar-refractivity contribution in [2.45, 2.75) is 13.3 Å². The molecule has 0 aliphatic heterocycles. The van der Waals surface area contributed by atoms with Crippen LogP contribution >= 0.6 is 11.3 Å². The van der Waals surface area contributed by atoms with Crippen LogP contribution in [0.1, 0.15) is 23.9 Å². The molecule has 64 valence electrons. The van der Waals surface area contributed by atoms with E-state index in [1.165, 1.54) is 5.57 Å². The average molecular weight is 187 g/mol. The van der Waals surface area contributed by atoms with Gasteiger partial charge in [0.1, 0.15) is 4.88 Å². The van der Waals surface area contributed by atoms with E-state index in [4.69, 9.17) is 0 Å². The second-order valence-corrected chi connectivity index (χ2v) is 3.85. The van der Waals surface area contributed by atoms with Gasteiger partial charge in [-0.05, 0) is 18.6 Å².